The van der Waals surface area contributed by atoms with Crippen LogP contribution in [0.4, 0.5) is 0 Å². The van der Waals surface area contributed by atoms with Crippen molar-refractivity contribution in [1.82, 2.24) is 0 Å². The molecule has 33 heavy (non-hydrogen) atoms. The zero-order chi connectivity index (χ0) is 24.0. The van der Waals surface area contributed by atoms with Crippen molar-refractivity contribution in [2.24, 2.45) is 10.8 Å². The van der Waals surface area contributed by atoms with Crippen molar-refractivity contribution in [1.29, 1.82) is 0 Å². The molecule has 0 aliphatic heterocycles. The van der Waals surface area contributed by atoms with Crippen molar-refractivity contribution < 1.29 is 14.0 Å². The fourth-order valence-electron chi connectivity index (χ4n) is 3.29. The molecule has 3 rings (SSSR count). The molecule has 0 fully saturated rings. The third-order valence-electron chi connectivity index (χ3n) is 5.33. The van der Waals surface area contributed by atoms with E-state index in [1.54, 1.807) is 12.1 Å². The SMILES string of the molecule is C.C.CC(C)(C)C1=CC(=O)CC1.CC(C)(C)C1=CCCC1=O.CC(C)(C)c1ccc(=O)oc1. The standard InChI is InChI=1S/C9H12O2.2C9H14O.2CH4/c1-9(2,3)7-4-5-8(10)11-6-7;1-9(2,3)7-4-5-8(10)6-7;1-9(2,3)7-5-4-6-8(7)10;;/h4-6H,1-3H3;6H,4-5H2,1-3H3;5H,4,6H2,1-3H3;2*1H4. The number of hydrogen-bond acceptors (Lipinski definition) is 4. The summed E-state index contributed by atoms with van der Waals surface area (Å²) in [6, 6.07) is 3.24. The molecule has 188 valence electrons. The molecule has 2 aliphatic carbocycles. The van der Waals surface area contributed by atoms with Crippen LogP contribution in [0.3, 0.4) is 0 Å². The Kier molecular flexibility index (Phi) is 12.8. The molecule has 0 amide bonds. The second-order valence-corrected chi connectivity index (χ2v) is 11.3. The topological polar surface area (TPSA) is 64.3 Å². The lowest BCUT2D eigenvalue weighted by atomic mass is 9.85. The third-order valence-corrected chi connectivity index (χ3v) is 5.33. The molecule has 0 aromatic carbocycles. The number of ketones is 2. The Morgan fingerprint density at radius 3 is 1.55 bits per heavy atom. The largest absolute Gasteiger partial charge is 0.431 e. The predicted octanol–water partition coefficient (Wildman–Crippen LogP) is 7.85. The third kappa shape index (κ3) is 11.5. The van der Waals surface area contributed by atoms with Crippen molar-refractivity contribution >= 4 is 11.6 Å². The zero-order valence-corrected chi connectivity index (χ0v) is 20.8. The smallest absolute Gasteiger partial charge is 0.335 e. The van der Waals surface area contributed by atoms with Crippen LogP contribution in [-0.2, 0) is 15.0 Å². The van der Waals surface area contributed by atoms with E-state index < -0.39 is 0 Å². The van der Waals surface area contributed by atoms with Crippen molar-refractivity contribution in [3.05, 3.63) is 57.7 Å². The molecule has 0 saturated heterocycles. The van der Waals surface area contributed by atoms with E-state index in [9.17, 15) is 14.4 Å². The number of rotatable bonds is 0. The first-order chi connectivity index (χ1) is 14.0. The first kappa shape index (κ1) is 32.9. The molecule has 1 heterocycles. The van der Waals surface area contributed by atoms with Crippen LogP contribution in [0.2, 0.25) is 0 Å². The van der Waals surface area contributed by atoms with E-state index in [2.05, 4.69) is 68.4 Å². The summed E-state index contributed by atoms with van der Waals surface area (Å²) in [5.41, 5.74) is 3.39. The maximum Gasteiger partial charge on any atom is 0.335 e. The highest BCUT2D eigenvalue weighted by Crippen LogP contribution is 2.32. The highest BCUT2D eigenvalue weighted by molar-refractivity contribution is 5.98. The van der Waals surface area contributed by atoms with Crippen molar-refractivity contribution in [3.63, 3.8) is 0 Å². The molecule has 0 spiro atoms. The number of allylic oxidation sites excluding steroid dienone is 4. The predicted molar refractivity (Wildman–Crippen MR) is 141 cm³/mol. The van der Waals surface area contributed by atoms with Crippen molar-refractivity contribution in [3.8, 4) is 0 Å². The minimum Gasteiger partial charge on any atom is -0.431 e. The minimum atomic E-state index is -0.294. The summed E-state index contributed by atoms with van der Waals surface area (Å²) in [5.74, 6) is 0.637. The van der Waals surface area contributed by atoms with Crippen LogP contribution >= 0.6 is 0 Å². The average molecular weight is 461 g/mol. The Balaban J connectivity index is 0. The van der Waals surface area contributed by atoms with Gasteiger partial charge in [0.25, 0.3) is 0 Å². The van der Waals surface area contributed by atoms with Gasteiger partial charge in [0.15, 0.2) is 11.6 Å². The molecule has 4 heteroatoms. The molecule has 0 unspecified atom stereocenters. The average Bonchev–Trinajstić information content (AvgIpc) is 3.23. The Labute approximate surface area is 202 Å². The van der Waals surface area contributed by atoms with Gasteiger partial charge in [-0.25, -0.2) is 4.79 Å². The van der Waals surface area contributed by atoms with Crippen molar-refractivity contribution in [2.75, 3.05) is 0 Å². The van der Waals surface area contributed by atoms with E-state index in [0.717, 1.165) is 36.8 Å². The molecule has 1 aromatic heterocycles. The molecule has 4 nitrogen and oxygen atoms in total. The quantitative estimate of drug-likeness (QED) is 0.395. The summed E-state index contributed by atoms with van der Waals surface area (Å²) in [7, 11) is 0. The van der Waals surface area contributed by atoms with Gasteiger partial charge in [-0.3, -0.25) is 9.59 Å². The molecule has 0 N–H and O–H groups in total. The van der Waals surface area contributed by atoms with Gasteiger partial charge in [-0.2, -0.15) is 0 Å². The Morgan fingerprint density at radius 2 is 1.30 bits per heavy atom. The van der Waals surface area contributed by atoms with E-state index in [0.29, 0.717) is 11.6 Å². The summed E-state index contributed by atoms with van der Waals surface area (Å²) >= 11 is 0. The van der Waals surface area contributed by atoms with Crippen LogP contribution in [0, 0.1) is 10.8 Å². The van der Waals surface area contributed by atoms with Crippen LogP contribution < -0.4 is 5.63 Å². The maximum absolute atomic E-state index is 11.2. The Hall–Kier alpha value is -2.23. The monoisotopic (exact) mass is 460 g/mol. The lowest BCUT2D eigenvalue weighted by Crippen LogP contribution is -2.14. The lowest BCUT2D eigenvalue weighted by Gasteiger charge is -2.19. The molecule has 1 aromatic rings. The second kappa shape index (κ2) is 12.9. The number of hydrogen-bond donors (Lipinski definition) is 0. The highest BCUT2D eigenvalue weighted by atomic mass is 16.4. The summed E-state index contributed by atoms with van der Waals surface area (Å²) in [5, 5.41) is 0. The lowest BCUT2D eigenvalue weighted by molar-refractivity contribution is -0.116. The van der Waals surface area contributed by atoms with Crippen LogP contribution in [0.1, 0.15) is 108 Å². The summed E-state index contributed by atoms with van der Waals surface area (Å²) in [6.07, 6.45) is 8.78. The van der Waals surface area contributed by atoms with Gasteiger partial charge in [0, 0.05) is 18.9 Å². The van der Waals surface area contributed by atoms with Gasteiger partial charge in [-0.05, 0) is 52.4 Å². The van der Waals surface area contributed by atoms with Gasteiger partial charge in [0.2, 0.25) is 0 Å². The Morgan fingerprint density at radius 1 is 0.727 bits per heavy atom. The van der Waals surface area contributed by atoms with Crippen LogP contribution in [-0.4, -0.2) is 11.6 Å². The fourth-order valence-corrected chi connectivity index (χ4v) is 3.29. The van der Waals surface area contributed by atoms with Gasteiger partial charge in [0.1, 0.15) is 0 Å². The molecule has 0 radical (unpaired) electrons. The van der Waals surface area contributed by atoms with Crippen LogP contribution in [0.5, 0.6) is 0 Å². The van der Waals surface area contributed by atoms with Crippen LogP contribution in [0.15, 0.2) is 50.9 Å². The molecule has 2 aliphatic rings. The number of Topliss-reactive ketones (excluding diaryl/α,β-unsaturated/α-hetero) is 1. The number of carbonyl (C=O) groups is 2. The first-order valence-electron chi connectivity index (χ1n) is 11.1. The van der Waals surface area contributed by atoms with Gasteiger partial charge in [-0.1, -0.05) is 88.8 Å². The van der Waals surface area contributed by atoms with Crippen LogP contribution in [0.25, 0.3) is 0 Å². The fraction of sp³-hybridized carbons (Fsp3) is 0.621. The molecule has 0 saturated carbocycles. The van der Waals surface area contributed by atoms with E-state index in [1.807, 2.05) is 0 Å². The van der Waals surface area contributed by atoms with Gasteiger partial charge >= 0.3 is 5.63 Å². The van der Waals surface area contributed by atoms with E-state index >= 15 is 0 Å². The minimum absolute atomic E-state index is 0. The summed E-state index contributed by atoms with van der Waals surface area (Å²) in [4.78, 5) is 32.6. The summed E-state index contributed by atoms with van der Waals surface area (Å²) in [6.45, 7) is 18.9. The van der Waals surface area contributed by atoms with E-state index in [1.165, 1.54) is 17.9 Å². The maximum atomic E-state index is 11.2. The normalized spacial score (nSPS) is 15.7. The van der Waals surface area contributed by atoms with Crippen molar-refractivity contribution in [2.45, 2.75) is 108 Å². The van der Waals surface area contributed by atoms with E-state index in [4.69, 9.17) is 4.42 Å². The first-order valence-corrected chi connectivity index (χ1v) is 11.1. The second-order valence-electron chi connectivity index (χ2n) is 11.3. The van der Waals surface area contributed by atoms with E-state index in [-0.39, 0.29) is 36.7 Å². The molecule has 0 atom stereocenters. The molecular weight excluding hydrogens is 412 g/mol. The van der Waals surface area contributed by atoms with Gasteiger partial charge in [-0.15, -0.1) is 0 Å². The Bertz CT molecular complexity index is 871. The van der Waals surface area contributed by atoms with Gasteiger partial charge < -0.3 is 4.42 Å². The molecular formula is C29H48O4. The molecule has 0 bridgehead atoms. The zero-order valence-electron chi connectivity index (χ0n) is 20.8. The van der Waals surface area contributed by atoms with Gasteiger partial charge in [0.05, 0.1) is 6.26 Å². The summed E-state index contributed by atoms with van der Waals surface area (Å²) < 4.78 is 4.73. The highest BCUT2D eigenvalue weighted by Gasteiger charge is 2.26. The number of carbonyl (C=O) groups excluding carboxylic acids is 2.